The number of H-pyrrole nitrogens is 1. The number of ether oxygens (including phenoxy) is 2. The summed E-state index contributed by atoms with van der Waals surface area (Å²) in [5.41, 5.74) is 0. The Morgan fingerprint density at radius 2 is 2.33 bits per heavy atom. The largest absolute Gasteiger partial charge is 0.376 e. The second-order valence-electron chi connectivity index (χ2n) is 6.40. The highest BCUT2D eigenvalue weighted by Crippen LogP contribution is 2.21. The SMILES string of the molecule is CCc1nc([C@@H]2CN([C@@H](C)C(=O)NC[C@@H]3CCCO3)CCO2)n[nH]1. The molecule has 2 N–H and O–H groups in total. The molecule has 2 fully saturated rings. The van der Waals surface area contributed by atoms with Gasteiger partial charge in [0.2, 0.25) is 5.91 Å². The van der Waals surface area contributed by atoms with Crippen LogP contribution in [0, 0.1) is 0 Å². The van der Waals surface area contributed by atoms with E-state index in [1.54, 1.807) is 0 Å². The second-order valence-corrected chi connectivity index (χ2v) is 6.40. The highest BCUT2D eigenvalue weighted by Gasteiger charge is 2.31. The van der Waals surface area contributed by atoms with Crippen LogP contribution in [0.25, 0.3) is 0 Å². The fourth-order valence-corrected chi connectivity index (χ4v) is 3.12. The molecule has 0 radical (unpaired) electrons. The topological polar surface area (TPSA) is 92.4 Å². The van der Waals surface area contributed by atoms with E-state index in [2.05, 4.69) is 25.4 Å². The van der Waals surface area contributed by atoms with Gasteiger partial charge >= 0.3 is 0 Å². The van der Waals surface area contributed by atoms with Crippen molar-refractivity contribution in [3.05, 3.63) is 11.6 Å². The van der Waals surface area contributed by atoms with Crippen molar-refractivity contribution in [3.63, 3.8) is 0 Å². The molecule has 134 valence electrons. The summed E-state index contributed by atoms with van der Waals surface area (Å²) < 4.78 is 11.3. The Morgan fingerprint density at radius 3 is 3.04 bits per heavy atom. The third-order valence-electron chi connectivity index (χ3n) is 4.72. The molecule has 0 aromatic carbocycles. The third kappa shape index (κ3) is 4.12. The van der Waals surface area contributed by atoms with Gasteiger partial charge in [0.25, 0.3) is 0 Å². The van der Waals surface area contributed by atoms with Gasteiger partial charge in [-0.1, -0.05) is 6.92 Å². The molecule has 1 aromatic heterocycles. The molecule has 0 spiro atoms. The van der Waals surface area contributed by atoms with Gasteiger partial charge < -0.3 is 14.8 Å². The molecule has 0 unspecified atom stereocenters. The Bertz CT molecular complexity index is 544. The summed E-state index contributed by atoms with van der Waals surface area (Å²) in [5, 5.41) is 10.2. The summed E-state index contributed by atoms with van der Waals surface area (Å²) >= 11 is 0. The number of morpholine rings is 1. The minimum atomic E-state index is -0.206. The second kappa shape index (κ2) is 8.04. The molecule has 2 saturated heterocycles. The number of carbonyl (C=O) groups excluding carboxylic acids is 1. The minimum Gasteiger partial charge on any atom is -0.376 e. The summed E-state index contributed by atoms with van der Waals surface area (Å²) in [6.45, 7) is 7.28. The molecule has 0 bridgehead atoms. The zero-order valence-electron chi connectivity index (χ0n) is 14.5. The fourth-order valence-electron chi connectivity index (χ4n) is 3.12. The van der Waals surface area contributed by atoms with Crippen molar-refractivity contribution in [2.75, 3.05) is 32.8 Å². The van der Waals surface area contributed by atoms with E-state index in [0.717, 1.165) is 38.2 Å². The molecule has 24 heavy (non-hydrogen) atoms. The van der Waals surface area contributed by atoms with Gasteiger partial charge in [0.05, 0.1) is 18.8 Å². The lowest BCUT2D eigenvalue weighted by Crippen LogP contribution is -2.51. The molecule has 3 atom stereocenters. The lowest BCUT2D eigenvalue weighted by molar-refractivity contribution is -0.130. The number of hydrogen-bond acceptors (Lipinski definition) is 6. The average molecular weight is 337 g/mol. The minimum absolute atomic E-state index is 0.0374. The first-order chi connectivity index (χ1) is 11.7. The van der Waals surface area contributed by atoms with E-state index in [4.69, 9.17) is 9.47 Å². The number of aryl methyl sites for hydroxylation is 1. The molecule has 1 aromatic rings. The first kappa shape index (κ1) is 17.3. The summed E-state index contributed by atoms with van der Waals surface area (Å²) in [5.74, 6) is 1.56. The molecule has 2 aliphatic heterocycles. The van der Waals surface area contributed by atoms with Gasteiger partial charge in [-0.2, -0.15) is 5.10 Å². The zero-order chi connectivity index (χ0) is 16.9. The Morgan fingerprint density at radius 1 is 1.46 bits per heavy atom. The summed E-state index contributed by atoms with van der Waals surface area (Å²) in [6.07, 6.45) is 2.89. The van der Waals surface area contributed by atoms with E-state index in [9.17, 15) is 4.79 Å². The summed E-state index contributed by atoms with van der Waals surface area (Å²) in [6, 6.07) is -0.206. The maximum atomic E-state index is 12.4. The number of amides is 1. The van der Waals surface area contributed by atoms with Gasteiger partial charge in [-0.3, -0.25) is 14.8 Å². The van der Waals surface area contributed by atoms with Crippen LogP contribution in [0.15, 0.2) is 0 Å². The van der Waals surface area contributed by atoms with Crippen LogP contribution in [0.3, 0.4) is 0 Å². The monoisotopic (exact) mass is 337 g/mol. The van der Waals surface area contributed by atoms with E-state index >= 15 is 0 Å². The van der Waals surface area contributed by atoms with Crippen molar-refractivity contribution in [3.8, 4) is 0 Å². The average Bonchev–Trinajstić information content (AvgIpc) is 3.30. The van der Waals surface area contributed by atoms with Gasteiger partial charge in [0.1, 0.15) is 11.9 Å². The fraction of sp³-hybridized carbons (Fsp3) is 0.812. The van der Waals surface area contributed by atoms with E-state index in [1.807, 2.05) is 13.8 Å². The molecular formula is C16H27N5O3. The van der Waals surface area contributed by atoms with Crippen LogP contribution < -0.4 is 5.32 Å². The lowest BCUT2D eigenvalue weighted by atomic mass is 10.2. The first-order valence-electron chi connectivity index (χ1n) is 8.83. The standard InChI is InChI=1S/C16H27N5O3/c1-3-14-18-15(20-19-14)13-10-21(6-8-24-13)11(2)16(22)17-9-12-5-4-7-23-12/h11-13H,3-10H2,1-2H3,(H,17,22)(H,18,19,20)/t11-,12-,13-/m0/s1. The summed E-state index contributed by atoms with van der Waals surface area (Å²) in [4.78, 5) is 19.0. The van der Waals surface area contributed by atoms with Crippen molar-refractivity contribution in [2.45, 2.75) is 51.4 Å². The van der Waals surface area contributed by atoms with Crippen molar-refractivity contribution >= 4 is 5.91 Å². The van der Waals surface area contributed by atoms with Crippen LogP contribution in [-0.4, -0.2) is 71.0 Å². The first-order valence-corrected chi connectivity index (χ1v) is 8.83. The van der Waals surface area contributed by atoms with Gasteiger partial charge in [0, 0.05) is 32.7 Å². The smallest absolute Gasteiger partial charge is 0.237 e. The van der Waals surface area contributed by atoms with E-state index in [0.29, 0.717) is 25.5 Å². The van der Waals surface area contributed by atoms with Gasteiger partial charge in [-0.25, -0.2) is 4.98 Å². The predicted octanol–water partition coefficient (Wildman–Crippen LogP) is 0.424. The number of nitrogens with zero attached hydrogens (tertiary/aromatic N) is 3. The summed E-state index contributed by atoms with van der Waals surface area (Å²) in [7, 11) is 0. The lowest BCUT2D eigenvalue weighted by Gasteiger charge is -2.35. The molecule has 1 amide bonds. The molecule has 8 heteroatoms. The van der Waals surface area contributed by atoms with Crippen LogP contribution in [0.5, 0.6) is 0 Å². The van der Waals surface area contributed by atoms with E-state index < -0.39 is 0 Å². The van der Waals surface area contributed by atoms with Gasteiger partial charge in [-0.05, 0) is 19.8 Å². The van der Waals surface area contributed by atoms with Crippen LogP contribution in [0.1, 0.15) is 44.4 Å². The maximum absolute atomic E-state index is 12.4. The van der Waals surface area contributed by atoms with Crippen molar-refractivity contribution < 1.29 is 14.3 Å². The normalized spacial score (nSPS) is 26.4. The Kier molecular flexibility index (Phi) is 5.80. The third-order valence-corrected chi connectivity index (χ3v) is 4.72. The quantitative estimate of drug-likeness (QED) is 0.782. The number of rotatable bonds is 6. The van der Waals surface area contributed by atoms with Gasteiger partial charge in [0.15, 0.2) is 5.82 Å². The highest BCUT2D eigenvalue weighted by molar-refractivity contribution is 5.81. The number of nitrogens with one attached hydrogen (secondary N) is 2. The predicted molar refractivity (Wildman–Crippen MR) is 87.5 cm³/mol. The molecule has 3 heterocycles. The molecule has 3 rings (SSSR count). The van der Waals surface area contributed by atoms with E-state index in [1.165, 1.54) is 0 Å². The Hall–Kier alpha value is -1.51. The van der Waals surface area contributed by atoms with Crippen LogP contribution in [0.4, 0.5) is 0 Å². The Balaban J connectivity index is 1.51. The molecule has 2 aliphatic rings. The molecule has 8 nitrogen and oxygen atoms in total. The van der Waals surface area contributed by atoms with Crippen LogP contribution >= 0.6 is 0 Å². The van der Waals surface area contributed by atoms with Crippen LogP contribution in [0.2, 0.25) is 0 Å². The zero-order valence-corrected chi connectivity index (χ0v) is 14.5. The number of aromatic amines is 1. The molecule has 0 saturated carbocycles. The number of carbonyl (C=O) groups is 1. The number of hydrogen-bond donors (Lipinski definition) is 2. The van der Waals surface area contributed by atoms with Crippen molar-refractivity contribution in [2.24, 2.45) is 0 Å². The number of aromatic nitrogens is 3. The van der Waals surface area contributed by atoms with Crippen LogP contribution in [-0.2, 0) is 20.7 Å². The van der Waals surface area contributed by atoms with E-state index in [-0.39, 0.29) is 24.2 Å². The Labute approximate surface area is 142 Å². The molecule has 0 aliphatic carbocycles. The molecular weight excluding hydrogens is 310 g/mol. The maximum Gasteiger partial charge on any atom is 0.237 e. The van der Waals surface area contributed by atoms with Gasteiger partial charge in [-0.15, -0.1) is 0 Å². The highest BCUT2D eigenvalue weighted by atomic mass is 16.5. The van der Waals surface area contributed by atoms with Crippen molar-refractivity contribution in [1.29, 1.82) is 0 Å². The van der Waals surface area contributed by atoms with Crippen molar-refractivity contribution in [1.82, 2.24) is 25.4 Å².